The standard InChI is InChI=1S/C15H13Cl4N/c1-9(10-3-2-4-11(16)7-10)20-8-12-13(17)5-6-14(18)15(12)19/h2-7,9,20H,8H2,1H3/t9-/m1/s1. The lowest BCUT2D eigenvalue weighted by Gasteiger charge is -2.16. The molecule has 0 heterocycles. The van der Waals surface area contributed by atoms with Gasteiger partial charge in [0.1, 0.15) is 0 Å². The van der Waals surface area contributed by atoms with Gasteiger partial charge in [-0.15, -0.1) is 0 Å². The minimum Gasteiger partial charge on any atom is -0.306 e. The van der Waals surface area contributed by atoms with Crippen LogP contribution in [-0.4, -0.2) is 0 Å². The number of halogens is 4. The number of hydrogen-bond donors (Lipinski definition) is 1. The first-order valence-corrected chi connectivity index (χ1v) is 7.61. The van der Waals surface area contributed by atoms with Crippen molar-refractivity contribution in [3.05, 3.63) is 67.6 Å². The second-order valence-corrected chi connectivity index (χ2v) is 6.11. The molecule has 0 bridgehead atoms. The van der Waals surface area contributed by atoms with E-state index in [1.54, 1.807) is 12.1 Å². The molecule has 0 aliphatic carbocycles. The summed E-state index contributed by atoms with van der Waals surface area (Å²) in [6, 6.07) is 11.3. The van der Waals surface area contributed by atoms with Crippen molar-refractivity contribution in [1.29, 1.82) is 0 Å². The van der Waals surface area contributed by atoms with Gasteiger partial charge in [-0.1, -0.05) is 58.5 Å². The van der Waals surface area contributed by atoms with Crippen molar-refractivity contribution in [1.82, 2.24) is 5.32 Å². The Balaban J connectivity index is 2.11. The Morgan fingerprint density at radius 3 is 2.40 bits per heavy atom. The summed E-state index contributed by atoms with van der Waals surface area (Å²) in [5.74, 6) is 0. The maximum Gasteiger partial charge on any atom is 0.0652 e. The second-order valence-electron chi connectivity index (χ2n) is 4.48. The Morgan fingerprint density at radius 1 is 1.00 bits per heavy atom. The Kier molecular flexibility index (Phi) is 5.59. The average molecular weight is 349 g/mol. The second kappa shape index (κ2) is 7.02. The van der Waals surface area contributed by atoms with E-state index in [9.17, 15) is 0 Å². The number of rotatable bonds is 4. The maximum absolute atomic E-state index is 6.18. The summed E-state index contributed by atoms with van der Waals surface area (Å²) in [5.41, 5.74) is 1.90. The largest absolute Gasteiger partial charge is 0.306 e. The van der Waals surface area contributed by atoms with Crippen LogP contribution in [0, 0.1) is 0 Å². The van der Waals surface area contributed by atoms with Crippen molar-refractivity contribution < 1.29 is 0 Å². The van der Waals surface area contributed by atoms with Gasteiger partial charge in [0.25, 0.3) is 0 Å². The Morgan fingerprint density at radius 2 is 1.70 bits per heavy atom. The quantitative estimate of drug-likeness (QED) is 0.653. The van der Waals surface area contributed by atoms with Crippen LogP contribution in [0.25, 0.3) is 0 Å². The van der Waals surface area contributed by atoms with E-state index in [1.807, 2.05) is 24.3 Å². The van der Waals surface area contributed by atoms with E-state index in [1.165, 1.54) is 0 Å². The topological polar surface area (TPSA) is 12.0 Å². The summed E-state index contributed by atoms with van der Waals surface area (Å²) in [4.78, 5) is 0. The molecule has 20 heavy (non-hydrogen) atoms. The van der Waals surface area contributed by atoms with Crippen molar-refractivity contribution in [3.8, 4) is 0 Å². The van der Waals surface area contributed by atoms with Crippen molar-refractivity contribution in [3.63, 3.8) is 0 Å². The molecular formula is C15H13Cl4N. The lowest BCUT2D eigenvalue weighted by Crippen LogP contribution is -2.18. The average Bonchev–Trinajstić information content (AvgIpc) is 2.43. The summed E-state index contributed by atoms with van der Waals surface area (Å²) in [6.45, 7) is 2.59. The molecule has 0 unspecified atom stereocenters. The summed E-state index contributed by atoms with van der Waals surface area (Å²) >= 11 is 24.3. The number of hydrogen-bond acceptors (Lipinski definition) is 1. The van der Waals surface area contributed by atoms with E-state index < -0.39 is 0 Å². The maximum atomic E-state index is 6.18. The van der Waals surface area contributed by atoms with Gasteiger partial charge in [0.05, 0.1) is 10.0 Å². The molecule has 0 aromatic heterocycles. The first-order chi connectivity index (χ1) is 9.49. The fourth-order valence-electron chi connectivity index (χ4n) is 1.88. The van der Waals surface area contributed by atoms with Crippen LogP contribution in [-0.2, 0) is 6.54 Å². The van der Waals surface area contributed by atoms with E-state index in [0.717, 1.165) is 16.1 Å². The molecule has 0 saturated heterocycles. The molecule has 0 amide bonds. The van der Waals surface area contributed by atoms with E-state index in [2.05, 4.69) is 12.2 Å². The van der Waals surface area contributed by atoms with Crippen LogP contribution >= 0.6 is 46.4 Å². The van der Waals surface area contributed by atoms with Gasteiger partial charge < -0.3 is 5.32 Å². The van der Waals surface area contributed by atoms with Crippen LogP contribution in [0.5, 0.6) is 0 Å². The lowest BCUT2D eigenvalue weighted by atomic mass is 10.1. The summed E-state index contributed by atoms with van der Waals surface area (Å²) in [6.07, 6.45) is 0. The zero-order valence-corrected chi connectivity index (χ0v) is 13.8. The molecule has 2 aromatic rings. The first-order valence-electron chi connectivity index (χ1n) is 6.10. The molecule has 1 nitrogen and oxygen atoms in total. The van der Waals surface area contributed by atoms with E-state index >= 15 is 0 Å². The Hall–Kier alpha value is -0.440. The van der Waals surface area contributed by atoms with E-state index in [0.29, 0.717) is 21.6 Å². The van der Waals surface area contributed by atoms with Crippen LogP contribution in [0.15, 0.2) is 36.4 Å². The Labute approximate surface area is 138 Å². The van der Waals surface area contributed by atoms with Gasteiger partial charge in [0.15, 0.2) is 0 Å². The third-order valence-corrected chi connectivity index (χ3v) is 4.51. The van der Waals surface area contributed by atoms with Crippen molar-refractivity contribution in [2.75, 3.05) is 0 Å². The molecule has 1 atom stereocenters. The highest BCUT2D eigenvalue weighted by molar-refractivity contribution is 6.44. The van der Waals surface area contributed by atoms with Crippen LogP contribution < -0.4 is 5.32 Å². The highest BCUT2D eigenvalue weighted by Gasteiger charge is 2.11. The van der Waals surface area contributed by atoms with Gasteiger partial charge in [-0.05, 0) is 36.8 Å². The summed E-state index contributed by atoms with van der Waals surface area (Å²) < 4.78 is 0. The zero-order chi connectivity index (χ0) is 14.7. The minimum absolute atomic E-state index is 0.125. The third kappa shape index (κ3) is 3.81. The van der Waals surface area contributed by atoms with Crippen LogP contribution in [0.1, 0.15) is 24.1 Å². The van der Waals surface area contributed by atoms with Crippen LogP contribution in [0.3, 0.4) is 0 Å². The van der Waals surface area contributed by atoms with E-state index in [-0.39, 0.29) is 6.04 Å². The smallest absolute Gasteiger partial charge is 0.0652 e. The third-order valence-electron chi connectivity index (χ3n) is 3.07. The molecule has 0 radical (unpaired) electrons. The molecule has 0 spiro atoms. The van der Waals surface area contributed by atoms with Crippen molar-refractivity contribution >= 4 is 46.4 Å². The zero-order valence-electron chi connectivity index (χ0n) is 10.8. The summed E-state index contributed by atoms with van der Waals surface area (Å²) in [7, 11) is 0. The monoisotopic (exact) mass is 347 g/mol. The van der Waals surface area contributed by atoms with Gasteiger partial charge in [-0.25, -0.2) is 0 Å². The van der Waals surface area contributed by atoms with Crippen molar-refractivity contribution in [2.45, 2.75) is 19.5 Å². The SMILES string of the molecule is C[C@@H](NCc1c(Cl)ccc(Cl)c1Cl)c1cccc(Cl)c1. The fourth-order valence-corrected chi connectivity index (χ4v) is 2.76. The fraction of sp³-hybridized carbons (Fsp3) is 0.200. The lowest BCUT2D eigenvalue weighted by molar-refractivity contribution is 0.575. The van der Waals surface area contributed by atoms with Gasteiger partial charge in [0, 0.05) is 28.2 Å². The molecule has 2 aromatic carbocycles. The van der Waals surface area contributed by atoms with Gasteiger partial charge >= 0.3 is 0 Å². The molecule has 0 aliphatic rings. The molecule has 0 aliphatic heterocycles. The normalized spacial score (nSPS) is 12.4. The van der Waals surface area contributed by atoms with Crippen LogP contribution in [0.4, 0.5) is 0 Å². The molecular weight excluding hydrogens is 336 g/mol. The molecule has 106 valence electrons. The first kappa shape index (κ1) is 15.9. The van der Waals surface area contributed by atoms with Gasteiger partial charge in [-0.2, -0.15) is 0 Å². The van der Waals surface area contributed by atoms with Gasteiger partial charge in [-0.3, -0.25) is 0 Å². The Bertz CT molecular complexity index is 613. The van der Waals surface area contributed by atoms with Crippen LogP contribution in [0.2, 0.25) is 20.1 Å². The van der Waals surface area contributed by atoms with E-state index in [4.69, 9.17) is 46.4 Å². The molecule has 0 saturated carbocycles. The number of benzene rings is 2. The molecule has 5 heteroatoms. The predicted molar refractivity (Wildman–Crippen MR) is 88.2 cm³/mol. The number of nitrogens with one attached hydrogen (secondary N) is 1. The predicted octanol–water partition coefficient (Wildman–Crippen LogP) is 6.15. The van der Waals surface area contributed by atoms with Crippen molar-refractivity contribution in [2.24, 2.45) is 0 Å². The van der Waals surface area contributed by atoms with Gasteiger partial charge in [0.2, 0.25) is 0 Å². The highest BCUT2D eigenvalue weighted by Crippen LogP contribution is 2.31. The highest BCUT2D eigenvalue weighted by atomic mass is 35.5. The molecule has 0 fully saturated rings. The molecule has 2 rings (SSSR count). The summed E-state index contributed by atoms with van der Waals surface area (Å²) in [5, 5.41) is 5.68. The minimum atomic E-state index is 0.125. The molecule has 1 N–H and O–H groups in total.